The Kier molecular flexibility index (Phi) is 46.3. The molecule has 0 aromatic carbocycles. The normalized spacial score (nSPS) is 14.5. The van der Waals surface area contributed by atoms with Crippen molar-refractivity contribution < 1.29 is 52.2 Å². The molecule has 68 heavy (non-hydrogen) atoms. The van der Waals surface area contributed by atoms with Gasteiger partial charge in [-0.15, -0.1) is 0 Å². The van der Waals surface area contributed by atoms with E-state index in [9.17, 15) is 28.9 Å². The molecule has 3 unspecified atom stereocenters. The van der Waals surface area contributed by atoms with Gasteiger partial charge in [0.05, 0.1) is 26.2 Å². The zero-order valence-corrected chi connectivity index (χ0v) is 42.9. The average Bonchev–Trinajstić information content (AvgIpc) is 3.32. The molecule has 0 radical (unpaired) electrons. The molecule has 11 nitrogen and oxygen atoms in total. The van der Waals surface area contributed by atoms with E-state index in [1.165, 1.54) is 32.1 Å². The quantitative estimate of drug-likeness (QED) is 0.0197. The van der Waals surface area contributed by atoms with Crippen LogP contribution in [0.1, 0.15) is 175 Å². The zero-order valence-electron chi connectivity index (χ0n) is 42.0. The van der Waals surface area contributed by atoms with Gasteiger partial charge in [0.15, 0.2) is 6.10 Å². The second-order valence-corrected chi connectivity index (χ2v) is 17.7. The van der Waals surface area contributed by atoms with Crippen molar-refractivity contribution in [1.29, 1.82) is 0 Å². The van der Waals surface area contributed by atoms with Gasteiger partial charge in [-0.25, -0.2) is 4.57 Å². The summed E-state index contributed by atoms with van der Waals surface area (Å²) in [6.07, 6.45) is 59.3. The molecule has 0 fully saturated rings. The van der Waals surface area contributed by atoms with Gasteiger partial charge in [0.2, 0.25) is 0 Å². The predicted molar refractivity (Wildman–Crippen MR) is 279 cm³/mol. The molecule has 0 aliphatic carbocycles. The lowest BCUT2D eigenvalue weighted by Gasteiger charge is -2.21. The number of esters is 3. The molecule has 0 heterocycles. The second kappa shape index (κ2) is 49.3. The summed E-state index contributed by atoms with van der Waals surface area (Å²) < 4.78 is 39.1. The van der Waals surface area contributed by atoms with Crippen LogP contribution >= 0.6 is 7.82 Å². The van der Waals surface area contributed by atoms with Crippen LogP contribution in [0.15, 0.2) is 122 Å². The van der Waals surface area contributed by atoms with Crippen molar-refractivity contribution in [2.45, 2.75) is 187 Å². The number of aliphatic hydroxyl groups is 1. The fraction of sp³-hybridized carbons (Fsp3) is 0.589. The molecular formula is C56H89O11P. The third-order valence-electron chi connectivity index (χ3n) is 9.91. The number of ether oxygens (including phenoxy) is 3. The van der Waals surface area contributed by atoms with E-state index in [0.29, 0.717) is 25.7 Å². The maximum Gasteiger partial charge on any atom is 0.472 e. The number of aliphatic hydroxyl groups excluding tert-OH is 1. The summed E-state index contributed by atoms with van der Waals surface area (Å²) in [5.41, 5.74) is 0. The molecule has 0 bridgehead atoms. The molecular weight excluding hydrogens is 880 g/mol. The van der Waals surface area contributed by atoms with Crippen LogP contribution in [0.5, 0.6) is 0 Å². The Labute approximate surface area is 411 Å². The zero-order chi connectivity index (χ0) is 49.9. The van der Waals surface area contributed by atoms with E-state index < -0.39 is 57.8 Å². The summed E-state index contributed by atoms with van der Waals surface area (Å²) in [4.78, 5) is 48.1. The van der Waals surface area contributed by atoms with Gasteiger partial charge in [0.1, 0.15) is 12.7 Å². The van der Waals surface area contributed by atoms with E-state index in [2.05, 4.69) is 106 Å². The molecule has 0 aromatic rings. The Hall–Kier alpha value is -4.12. The van der Waals surface area contributed by atoms with Crippen molar-refractivity contribution in [2.75, 3.05) is 26.4 Å². The van der Waals surface area contributed by atoms with Crippen molar-refractivity contribution in [1.82, 2.24) is 0 Å². The Balaban J connectivity index is 4.89. The number of phosphoric ester groups is 1. The Morgan fingerprint density at radius 3 is 1.28 bits per heavy atom. The monoisotopic (exact) mass is 969 g/mol. The first-order valence-corrected chi connectivity index (χ1v) is 26.9. The number of rotatable bonds is 45. The van der Waals surface area contributed by atoms with Gasteiger partial charge in [-0.05, 0) is 83.5 Å². The van der Waals surface area contributed by atoms with Gasteiger partial charge < -0.3 is 24.2 Å². The highest BCUT2D eigenvalue weighted by Crippen LogP contribution is 2.43. The molecule has 384 valence electrons. The topological polar surface area (TPSA) is 155 Å². The predicted octanol–water partition coefficient (Wildman–Crippen LogP) is 14.5. The molecule has 0 spiro atoms. The maximum atomic E-state index is 12.8. The molecule has 0 rings (SSSR count). The minimum atomic E-state index is -4.78. The fourth-order valence-electron chi connectivity index (χ4n) is 6.11. The van der Waals surface area contributed by atoms with Gasteiger partial charge in [-0.1, -0.05) is 194 Å². The smallest absolute Gasteiger partial charge is 0.462 e. The molecule has 3 atom stereocenters. The Morgan fingerprint density at radius 1 is 0.441 bits per heavy atom. The average molecular weight is 969 g/mol. The van der Waals surface area contributed by atoms with Crippen molar-refractivity contribution in [2.24, 2.45) is 0 Å². The molecule has 0 saturated heterocycles. The summed E-state index contributed by atoms with van der Waals surface area (Å²) >= 11 is 0. The van der Waals surface area contributed by atoms with Crippen molar-refractivity contribution >= 4 is 25.7 Å². The van der Waals surface area contributed by atoms with E-state index >= 15 is 0 Å². The van der Waals surface area contributed by atoms with E-state index in [0.717, 1.165) is 77.0 Å². The summed E-state index contributed by atoms with van der Waals surface area (Å²) in [5, 5.41) is 9.75. The summed E-state index contributed by atoms with van der Waals surface area (Å²) in [7, 11) is -4.78. The highest BCUT2D eigenvalue weighted by Gasteiger charge is 2.28. The Bertz CT molecular complexity index is 1600. The first kappa shape index (κ1) is 63.9. The lowest BCUT2D eigenvalue weighted by Crippen LogP contribution is -2.30. The van der Waals surface area contributed by atoms with Gasteiger partial charge in [-0.2, -0.15) is 0 Å². The SMILES string of the molecule is CC/C=C\C/C=C\C/C=C\C/C=C\C/C=C\CCCC(=O)OC(COC(=O)CCCCCCCCCCC)COP(=O)(O)OCC(CO)OC(=O)C/C=C\C/C=C\C/C=C\C/C=C\C/C=C\CC. The van der Waals surface area contributed by atoms with Gasteiger partial charge in [-0.3, -0.25) is 23.4 Å². The van der Waals surface area contributed by atoms with Crippen LogP contribution in [0, 0.1) is 0 Å². The first-order chi connectivity index (χ1) is 33.2. The highest BCUT2D eigenvalue weighted by molar-refractivity contribution is 7.47. The third-order valence-corrected chi connectivity index (χ3v) is 10.9. The van der Waals surface area contributed by atoms with Crippen LogP contribution in [0.4, 0.5) is 0 Å². The van der Waals surface area contributed by atoms with E-state index in [1.807, 2.05) is 30.4 Å². The number of hydrogen-bond acceptors (Lipinski definition) is 10. The minimum Gasteiger partial charge on any atom is -0.462 e. The number of unbranched alkanes of at least 4 members (excludes halogenated alkanes) is 9. The van der Waals surface area contributed by atoms with Gasteiger partial charge in [0, 0.05) is 12.8 Å². The molecule has 0 amide bonds. The van der Waals surface area contributed by atoms with E-state index in [4.69, 9.17) is 23.3 Å². The van der Waals surface area contributed by atoms with E-state index in [-0.39, 0.29) is 25.9 Å². The molecule has 0 aromatic heterocycles. The second-order valence-electron chi connectivity index (χ2n) is 16.2. The van der Waals surface area contributed by atoms with Crippen LogP contribution in [0.3, 0.4) is 0 Å². The summed E-state index contributed by atoms with van der Waals surface area (Å²) in [6, 6.07) is 0. The molecule has 2 N–H and O–H groups in total. The van der Waals surface area contributed by atoms with Crippen molar-refractivity contribution in [3.63, 3.8) is 0 Å². The molecule has 0 aliphatic rings. The summed E-state index contributed by atoms with van der Waals surface area (Å²) in [6.45, 7) is 4.17. The van der Waals surface area contributed by atoms with Gasteiger partial charge in [0.25, 0.3) is 0 Å². The summed E-state index contributed by atoms with van der Waals surface area (Å²) in [5.74, 6) is -1.69. The number of hydrogen-bond donors (Lipinski definition) is 2. The standard InChI is InChI=1S/C56H89O11P/c1-4-7-10-13-16-19-21-23-25-26-28-30-32-35-38-41-44-47-56(60)67-53(49-63-54(58)45-42-39-36-33-18-15-12-9-6-3)51-65-68(61,62)64-50-52(48-57)66-55(59)46-43-40-37-34-31-29-27-24-22-20-17-14-11-8-5-2/h7-8,10-11,16-17,19-20,23-25,27-28,30-31,34-35,38,40,43,52-53,57H,4-6,9,12-15,18,21-22,26,29,32-33,36-37,39,41-42,44-51H2,1-3H3,(H,61,62)/b10-7-,11-8-,19-16-,20-17-,25-23-,27-24-,30-28-,34-31-,38-35-,43-40-. The fourth-order valence-corrected chi connectivity index (χ4v) is 6.90. The van der Waals surface area contributed by atoms with Crippen LogP contribution in [-0.4, -0.2) is 66.5 Å². The lowest BCUT2D eigenvalue weighted by atomic mass is 10.1. The number of carbonyl (C=O) groups excluding carboxylic acids is 3. The lowest BCUT2D eigenvalue weighted by molar-refractivity contribution is -0.161. The number of allylic oxidation sites excluding steroid dienone is 19. The molecule has 0 saturated carbocycles. The third kappa shape index (κ3) is 47.0. The van der Waals surface area contributed by atoms with E-state index in [1.54, 1.807) is 6.08 Å². The number of phosphoric acid groups is 1. The van der Waals surface area contributed by atoms with Crippen molar-refractivity contribution in [3.8, 4) is 0 Å². The first-order valence-electron chi connectivity index (χ1n) is 25.4. The molecule has 0 aliphatic heterocycles. The van der Waals surface area contributed by atoms with Crippen LogP contribution in [0.2, 0.25) is 0 Å². The van der Waals surface area contributed by atoms with Crippen molar-refractivity contribution in [3.05, 3.63) is 122 Å². The van der Waals surface area contributed by atoms with Gasteiger partial charge >= 0.3 is 25.7 Å². The highest BCUT2D eigenvalue weighted by atomic mass is 31.2. The largest absolute Gasteiger partial charge is 0.472 e. The minimum absolute atomic E-state index is 0.0650. The van der Waals surface area contributed by atoms with Crippen LogP contribution in [0.25, 0.3) is 0 Å². The van der Waals surface area contributed by atoms with Crippen LogP contribution in [-0.2, 0) is 42.2 Å². The van der Waals surface area contributed by atoms with Crippen LogP contribution < -0.4 is 0 Å². The number of carbonyl (C=O) groups is 3. The maximum absolute atomic E-state index is 12.8. The molecule has 12 heteroatoms. The Morgan fingerprint density at radius 2 is 0.824 bits per heavy atom.